The van der Waals surface area contributed by atoms with Crippen LogP contribution in [0.2, 0.25) is 0 Å². The summed E-state index contributed by atoms with van der Waals surface area (Å²) in [6.45, 7) is 2.82. The van der Waals surface area contributed by atoms with Gasteiger partial charge in [0.05, 0.1) is 20.8 Å². The van der Waals surface area contributed by atoms with E-state index in [1.165, 1.54) is 5.56 Å². The van der Waals surface area contributed by atoms with Crippen molar-refractivity contribution in [2.24, 2.45) is 0 Å². The molecular formula is C17H19NO3. The van der Waals surface area contributed by atoms with Crippen LogP contribution in [0.4, 0.5) is 0 Å². The van der Waals surface area contributed by atoms with Gasteiger partial charge < -0.3 is 19.1 Å². The van der Waals surface area contributed by atoms with Gasteiger partial charge in [-0.3, -0.25) is 0 Å². The van der Waals surface area contributed by atoms with Crippen molar-refractivity contribution in [3.05, 3.63) is 46.8 Å². The molecule has 0 saturated carbocycles. The molecule has 0 spiro atoms. The molecule has 4 heteroatoms. The minimum Gasteiger partial charge on any atom is -0.493 e. The van der Waals surface area contributed by atoms with Gasteiger partial charge in [-0.25, -0.2) is 0 Å². The smallest absolute Gasteiger partial charge is 0.161 e. The standard InChI is InChI=1S/C17H19NO3/c1-11-4-15-14(10-19)5-12-6-16(20-2)17(21-3)7-13(12)9-18(15)8-11/h4-8,19H,9-10H2,1-3H3. The molecule has 0 amide bonds. The van der Waals surface area contributed by atoms with Crippen LogP contribution in [-0.2, 0) is 6.54 Å². The van der Waals surface area contributed by atoms with E-state index in [1.54, 1.807) is 14.2 Å². The van der Waals surface area contributed by atoms with Crippen molar-refractivity contribution in [2.75, 3.05) is 20.8 Å². The number of methoxy groups -OCH3 is 2. The molecule has 1 N–H and O–H groups in total. The Bertz CT molecular complexity index is 713. The Balaban J connectivity index is 2.20. The molecule has 1 aliphatic heterocycles. The second-order valence-corrected chi connectivity index (χ2v) is 5.26. The summed E-state index contributed by atoms with van der Waals surface area (Å²) in [4.78, 5) is 0. The maximum atomic E-state index is 9.69. The van der Waals surface area contributed by atoms with E-state index in [0.29, 0.717) is 5.75 Å². The van der Waals surface area contributed by atoms with Crippen LogP contribution in [0.25, 0.3) is 11.6 Å². The largest absolute Gasteiger partial charge is 0.493 e. The number of hydrogen-bond acceptors (Lipinski definition) is 3. The molecule has 4 nitrogen and oxygen atoms in total. The highest BCUT2D eigenvalue weighted by molar-refractivity contribution is 5.83. The van der Waals surface area contributed by atoms with E-state index >= 15 is 0 Å². The molecule has 1 aromatic carbocycles. The van der Waals surface area contributed by atoms with Crippen molar-refractivity contribution >= 4 is 11.6 Å². The van der Waals surface area contributed by atoms with Crippen molar-refractivity contribution in [2.45, 2.75) is 13.5 Å². The van der Waals surface area contributed by atoms with Crippen molar-refractivity contribution < 1.29 is 14.6 Å². The molecule has 3 rings (SSSR count). The molecule has 0 unspecified atom stereocenters. The Labute approximate surface area is 124 Å². The number of benzene rings is 1. The first-order valence-electron chi connectivity index (χ1n) is 6.89. The number of aliphatic hydroxyl groups is 1. The molecule has 0 atom stereocenters. The lowest BCUT2D eigenvalue weighted by atomic mass is 10.0. The van der Waals surface area contributed by atoms with Gasteiger partial charge in [-0.05, 0) is 47.9 Å². The van der Waals surface area contributed by atoms with Crippen LogP contribution in [0.1, 0.15) is 22.4 Å². The quantitative estimate of drug-likeness (QED) is 0.943. The molecule has 2 heterocycles. The molecule has 0 fully saturated rings. The van der Waals surface area contributed by atoms with Crippen LogP contribution < -0.4 is 9.47 Å². The van der Waals surface area contributed by atoms with Gasteiger partial charge in [0.15, 0.2) is 11.5 Å². The van der Waals surface area contributed by atoms with Crippen LogP contribution in [0, 0.1) is 6.92 Å². The molecule has 1 aliphatic rings. The molecule has 0 bridgehead atoms. The lowest BCUT2D eigenvalue weighted by molar-refractivity contribution is 0.350. The Morgan fingerprint density at radius 3 is 2.52 bits per heavy atom. The highest BCUT2D eigenvalue weighted by Crippen LogP contribution is 2.35. The second kappa shape index (κ2) is 5.30. The second-order valence-electron chi connectivity index (χ2n) is 5.26. The van der Waals surface area contributed by atoms with E-state index in [2.05, 4.69) is 23.8 Å². The summed E-state index contributed by atoms with van der Waals surface area (Å²) in [5.74, 6) is 1.43. The maximum absolute atomic E-state index is 9.69. The normalized spacial score (nSPS) is 13.0. The number of nitrogens with zero attached hydrogens (tertiary/aromatic N) is 1. The highest BCUT2D eigenvalue weighted by atomic mass is 16.5. The van der Waals surface area contributed by atoms with Crippen LogP contribution in [0.15, 0.2) is 24.4 Å². The number of aliphatic hydroxyl groups excluding tert-OH is 1. The molecule has 0 saturated heterocycles. The first-order chi connectivity index (χ1) is 10.2. The first-order valence-corrected chi connectivity index (χ1v) is 6.89. The van der Waals surface area contributed by atoms with Gasteiger partial charge in [0, 0.05) is 24.0 Å². The minimum atomic E-state index is 0.0111. The zero-order valence-electron chi connectivity index (χ0n) is 12.5. The lowest BCUT2D eigenvalue weighted by Crippen LogP contribution is -2.03. The number of hydrogen-bond donors (Lipinski definition) is 1. The van der Waals surface area contributed by atoms with Gasteiger partial charge in [0.25, 0.3) is 0 Å². The third kappa shape index (κ3) is 2.32. The summed E-state index contributed by atoms with van der Waals surface area (Å²) in [7, 11) is 3.27. The number of rotatable bonds is 3. The van der Waals surface area contributed by atoms with Crippen LogP contribution in [-0.4, -0.2) is 30.5 Å². The van der Waals surface area contributed by atoms with Gasteiger partial charge in [0.1, 0.15) is 0 Å². The van der Waals surface area contributed by atoms with Crippen molar-refractivity contribution in [1.82, 2.24) is 4.57 Å². The summed E-state index contributed by atoms with van der Waals surface area (Å²) in [6, 6.07) is 6.07. The van der Waals surface area contributed by atoms with Crippen molar-refractivity contribution in [3.8, 4) is 11.5 Å². The lowest BCUT2D eigenvalue weighted by Gasteiger charge is -2.12. The molecule has 110 valence electrons. The highest BCUT2D eigenvalue weighted by Gasteiger charge is 2.17. The molecule has 1 aromatic heterocycles. The maximum Gasteiger partial charge on any atom is 0.161 e. The summed E-state index contributed by atoms with van der Waals surface area (Å²) in [6.07, 6.45) is 4.13. The zero-order chi connectivity index (χ0) is 15.0. The molecular weight excluding hydrogens is 266 g/mol. The molecule has 0 radical (unpaired) electrons. The number of aromatic nitrogens is 1. The van der Waals surface area contributed by atoms with Crippen LogP contribution in [0.3, 0.4) is 0 Å². The zero-order valence-corrected chi connectivity index (χ0v) is 12.5. The Morgan fingerprint density at radius 2 is 1.86 bits per heavy atom. The van der Waals surface area contributed by atoms with Gasteiger partial charge in [0.2, 0.25) is 0 Å². The molecule has 2 aromatic rings. The average molecular weight is 285 g/mol. The van der Waals surface area contributed by atoms with E-state index < -0.39 is 0 Å². The third-order valence-corrected chi connectivity index (χ3v) is 3.85. The molecule has 21 heavy (non-hydrogen) atoms. The van der Waals surface area contributed by atoms with Gasteiger partial charge in [-0.1, -0.05) is 0 Å². The third-order valence-electron chi connectivity index (χ3n) is 3.85. The number of fused-ring (bicyclic) bond motifs is 2. The van der Waals surface area contributed by atoms with E-state index in [4.69, 9.17) is 9.47 Å². The molecule has 0 aliphatic carbocycles. The van der Waals surface area contributed by atoms with Crippen LogP contribution in [0.5, 0.6) is 11.5 Å². The van der Waals surface area contributed by atoms with Gasteiger partial charge in [-0.2, -0.15) is 0 Å². The Morgan fingerprint density at radius 1 is 1.14 bits per heavy atom. The fourth-order valence-electron chi connectivity index (χ4n) is 2.84. The summed E-state index contributed by atoms with van der Waals surface area (Å²) in [5.41, 5.74) is 5.36. The van der Waals surface area contributed by atoms with Crippen molar-refractivity contribution in [3.63, 3.8) is 0 Å². The topological polar surface area (TPSA) is 43.6 Å². The van der Waals surface area contributed by atoms with Crippen molar-refractivity contribution in [1.29, 1.82) is 0 Å². The van der Waals surface area contributed by atoms with E-state index in [9.17, 15) is 5.11 Å². The average Bonchev–Trinajstić information content (AvgIpc) is 2.79. The predicted octanol–water partition coefficient (Wildman–Crippen LogP) is 2.71. The first kappa shape index (κ1) is 13.8. The summed E-state index contributed by atoms with van der Waals surface area (Å²) in [5, 5.41) is 9.69. The summed E-state index contributed by atoms with van der Waals surface area (Å²) < 4.78 is 12.9. The monoisotopic (exact) mass is 285 g/mol. The number of ether oxygens (including phenoxy) is 2. The van der Waals surface area contributed by atoms with E-state index in [-0.39, 0.29) is 6.61 Å². The fourth-order valence-corrected chi connectivity index (χ4v) is 2.84. The summed E-state index contributed by atoms with van der Waals surface area (Å²) >= 11 is 0. The Hall–Kier alpha value is -2.20. The minimum absolute atomic E-state index is 0.0111. The van der Waals surface area contributed by atoms with Gasteiger partial charge in [-0.15, -0.1) is 0 Å². The van der Waals surface area contributed by atoms with Crippen LogP contribution >= 0.6 is 0 Å². The van der Waals surface area contributed by atoms with Gasteiger partial charge >= 0.3 is 0 Å². The Kier molecular flexibility index (Phi) is 3.47. The number of aryl methyl sites for hydroxylation is 1. The predicted molar refractivity (Wildman–Crippen MR) is 82.8 cm³/mol. The fraction of sp³-hybridized carbons (Fsp3) is 0.294. The SMILES string of the molecule is COc1cc2c(cc1OC)Cn1cc(C)cc1C(CO)=C2. The van der Waals surface area contributed by atoms with E-state index in [1.807, 2.05) is 18.2 Å². The van der Waals surface area contributed by atoms with E-state index in [0.717, 1.165) is 34.7 Å².